The van der Waals surface area contributed by atoms with Crippen LogP contribution in [0.2, 0.25) is 0 Å². The fourth-order valence-electron chi connectivity index (χ4n) is 3.10. The van der Waals surface area contributed by atoms with Gasteiger partial charge in [0.25, 0.3) is 0 Å². The summed E-state index contributed by atoms with van der Waals surface area (Å²) in [5.41, 5.74) is -0.497. The number of unbranched alkanes of at least 4 members (excludes halogenated alkanes) is 1. The minimum atomic E-state index is -0.497. The average Bonchev–Trinajstić information content (AvgIpc) is 2.67. The lowest BCUT2D eigenvalue weighted by Crippen LogP contribution is -2.49. The second-order valence-electron chi connectivity index (χ2n) is 8.56. The third-order valence-electron chi connectivity index (χ3n) is 4.85. The zero-order chi connectivity index (χ0) is 21.8. The largest absolute Gasteiger partial charge is 0.444 e. The van der Waals surface area contributed by atoms with Crippen LogP contribution in [0.15, 0.2) is 4.99 Å². The van der Waals surface area contributed by atoms with Crippen LogP contribution in [0.4, 0.5) is 4.79 Å². The van der Waals surface area contributed by atoms with Crippen LogP contribution in [0.3, 0.4) is 0 Å². The van der Waals surface area contributed by atoms with Crippen LogP contribution in [0.5, 0.6) is 0 Å². The molecule has 1 atom stereocenters. The highest BCUT2D eigenvalue weighted by Crippen LogP contribution is 2.33. The van der Waals surface area contributed by atoms with Crippen LogP contribution in [0.1, 0.15) is 66.7 Å². The summed E-state index contributed by atoms with van der Waals surface area (Å²) in [6.45, 7) is 13.5. The zero-order valence-electron chi connectivity index (χ0n) is 19.2. The molecule has 0 aromatic heterocycles. The molecule has 0 spiro atoms. The molecule has 8 heteroatoms. The van der Waals surface area contributed by atoms with E-state index in [0.717, 1.165) is 64.4 Å². The summed E-state index contributed by atoms with van der Waals surface area (Å²) in [5.74, 6) is 0.805. The van der Waals surface area contributed by atoms with E-state index in [4.69, 9.17) is 14.5 Å². The van der Waals surface area contributed by atoms with E-state index in [-0.39, 0.29) is 16.9 Å². The Morgan fingerprint density at radius 1 is 1.24 bits per heavy atom. The van der Waals surface area contributed by atoms with Gasteiger partial charge >= 0.3 is 6.09 Å². The third kappa shape index (κ3) is 11.0. The minimum absolute atomic E-state index is 0.0974. The number of amides is 1. The van der Waals surface area contributed by atoms with Gasteiger partial charge in [0.05, 0.1) is 6.54 Å². The Bertz CT molecular complexity index is 503. The van der Waals surface area contributed by atoms with Gasteiger partial charge in [0, 0.05) is 37.1 Å². The van der Waals surface area contributed by atoms with Crippen molar-refractivity contribution in [3.05, 3.63) is 0 Å². The van der Waals surface area contributed by atoms with Crippen molar-refractivity contribution >= 4 is 23.8 Å². The summed E-state index contributed by atoms with van der Waals surface area (Å²) in [7, 11) is 0. The highest BCUT2D eigenvalue weighted by molar-refractivity contribution is 8.00. The highest BCUT2D eigenvalue weighted by Gasteiger charge is 2.31. The second-order valence-corrected chi connectivity index (χ2v) is 9.84. The van der Waals surface area contributed by atoms with Gasteiger partial charge in [-0.2, -0.15) is 11.8 Å². The number of hydrogen-bond acceptors (Lipinski definition) is 5. The molecule has 170 valence electrons. The standard InChI is InChI=1S/C21H42N4O3S/c1-7-9-10-17(15-23-19(26)28-20(3,4)5)25-18(22-8-2)24-16-21(29-6)11-13-27-14-12-21/h17H,7-16H2,1-6H3,(H,23,26)(H2,22,24,25). The van der Waals surface area contributed by atoms with E-state index in [1.807, 2.05) is 32.5 Å². The monoisotopic (exact) mass is 430 g/mol. The predicted molar refractivity (Wildman–Crippen MR) is 123 cm³/mol. The SMILES string of the molecule is CCCCC(CNC(=O)OC(C)(C)C)NC(=NCC1(SC)CCOCC1)NCC. The number of alkyl carbamates (subject to hydrolysis) is 1. The van der Waals surface area contributed by atoms with E-state index in [0.29, 0.717) is 6.54 Å². The maximum Gasteiger partial charge on any atom is 0.407 e. The molecular formula is C21H42N4O3S. The lowest BCUT2D eigenvalue weighted by Gasteiger charge is -2.34. The summed E-state index contributed by atoms with van der Waals surface area (Å²) in [6, 6.07) is 0.0974. The molecule has 0 aromatic rings. The summed E-state index contributed by atoms with van der Waals surface area (Å²) in [6.07, 6.45) is 6.97. The Morgan fingerprint density at radius 2 is 1.93 bits per heavy atom. The van der Waals surface area contributed by atoms with Gasteiger partial charge in [-0.3, -0.25) is 4.99 Å². The van der Waals surface area contributed by atoms with Crippen molar-refractivity contribution in [1.82, 2.24) is 16.0 Å². The molecule has 1 amide bonds. The van der Waals surface area contributed by atoms with Gasteiger partial charge in [-0.25, -0.2) is 4.79 Å². The van der Waals surface area contributed by atoms with Crippen LogP contribution in [0, 0.1) is 0 Å². The fourth-order valence-corrected chi connectivity index (χ4v) is 3.87. The predicted octanol–water partition coefficient (Wildman–Crippen LogP) is 3.54. The summed E-state index contributed by atoms with van der Waals surface area (Å²) >= 11 is 1.89. The molecule has 0 radical (unpaired) electrons. The van der Waals surface area contributed by atoms with Crippen molar-refractivity contribution in [3.8, 4) is 0 Å². The molecular weight excluding hydrogens is 388 g/mol. The topological polar surface area (TPSA) is 84.0 Å². The summed E-state index contributed by atoms with van der Waals surface area (Å²) in [4.78, 5) is 16.9. The number of thioether (sulfide) groups is 1. The van der Waals surface area contributed by atoms with Gasteiger partial charge < -0.3 is 25.4 Å². The highest BCUT2D eigenvalue weighted by atomic mass is 32.2. The molecule has 1 rings (SSSR count). The van der Waals surface area contributed by atoms with Crippen LogP contribution in [0.25, 0.3) is 0 Å². The fraction of sp³-hybridized carbons (Fsp3) is 0.905. The minimum Gasteiger partial charge on any atom is -0.444 e. The third-order valence-corrected chi connectivity index (χ3v) is 6.25. The van der Waals surface area contributed by atoms with Crippen molar-refractivity contribution in [1.29, 1.82) is 0 Å². The Hall–Kier alpha value is -1.15. The maximum absolute atomic E-state index is 12.0. The number of hydrogen-bond donors (Lipinski definition) is 3. The van der Waals surface area contributed by atoms with Gasteiger partial charge in [0.1, 0.15) is 5.60 Å². The molecule has 0 aliphatic carbocycles. The molecule has 1 heterocycles. The molecule has 1 unspecified atom stereocenters. The molecule has 1 aliphatic heterocycles. The van der Waals surface area contributed by atoms with E-state index in [1.54, 1.807) is 0 Å². The van der Waals surface area contributed by atoms with E-state index in [9.17, 15) is 4.79 Å². The van der Waals surface area contributed by atoms with Crippen molar-refractivity contribution < 1.29 is 14.3 Å². The van der Waals surface area contributed by atoms with E-state index in [1.165, 1.54) is 0 Å². The Kier molecular flexibility index (Phi) is 11.8. The first-order valence-corrected chi connectivity index (χ1v) is 12.1. The van der Waals surface area contributed by atoms with Crippen molar-refractivity contribution in [2.45, 2.75) is 83.1 Å². The first kappa shape index (κ1) is 25.9. The Labute approximate surface area is 181 Å². The van der Waals surface area contributed by atoms with Crippen LogP contribution in [-0.2, 0) is 9.47 Å². The Balaban J connectivity index is 2.72. The molecule has 1 saturated heterocycles. The number of carbonyl (C=O) groups excluding carboxylic acids is 1. The van der Waals surface area contributed by atoms with E-state index < -0.39 is 5.60 Å². The number of aliphatic imine (C=N–C) groups is 1. The van der Waals surface area contributed by atoms with Crippen LogP contribution in [-0.4, -0.2) is 67.5 Å². The quantitative estimate of drug-likeness (QED) is 0.363. The normalized spacial score (nSPS) is 18.1. The second kappa shape index (κ2) is 13.2. The number of carbonyl (C=O) groups is 1. The first-order valence-electron chi connectivity index (χ1n) is 10.9. The number of nitrogens with one attached hydrogen (secondary N) is 3. The number of ether oxygens (including phenoxy) is 2. The molecule has 0 saturated carbocycles. The van der Waals surface area contributed by atoms with Gasteiger partial charge in [-0.05, 0) is 53.2 Å². The lowest BCUT2D eigenvalue weighted by molar-refractivity contribution is 0.0522. The molecule has 1 aliphatic rings. The maximum atomic E-state index is 12.0. The lowest BCUT2D eigenvalue weighted by atomic mass is 9.99. The van der Waals surface area contributed by atoms with Gasteiger partial charge in [-0.1, -0.05) is 19.8 Å². The van der Waals surface area contributed by atoms with Crippen LogP contribution >= 0.6 is 11.8 Å². The molecule has 0 bridgehead atoms. The summed E-state index contributed by atoms with van der Waals surface area (Å²) in [5, 5.41) is 9.76. The number of guanidine groups is 1. The van der Waals surface area contributed by atoms with Gasteiger partial charge in [0.2, 0.25) is 0 Å². The molecule has 0 aromatic carbocycles. The van der Waals surface area contributed by atoms with Gasteiger partial charge in [-0.15, -0.1) is 0 Å². The summed E-state index contributed by atoms with van der Waals surface area (Å²) < 4.78 is 11.0. The molecule has 7 nitrogen and oxygen atoms in total. The van der Waals surface area contributed by atoms with E-state index in [2.05, 4.69) is 36.1 Å². The van der Waals surface area contributed by atoms with Crippen molar-refractivity contribution in [2.24, 2.45) is 4.99 Å². The molecule has 29 heavy (non-hydrogen) atoms. The van der Waals surface area contributed by atoms with Crippen molar-refractivity contribution in [2.75, 3.05) is 39.1 Å². The smallest absolute Gasteiger partial charge is 0.407 e. The first-order chi connectivity index (χ1) is 13.7. The molecule has 3 N–H and O–H groups in total. The number of nitrogens with zero attached hydrogens (tertiary/aromatic N) is 1. The Morgan fingerprint density at radius 3 is 2.48 bits per heavy atom. The molecule has 1 fully saturated rings. The average molecular weight is 431 g/mol. The van der Waals surface area contributed by atoms with Gasteiger partial charge in [0.15, 0.2) is 5.96 Å². The van der Waals surface area contributed by atoms with Crippen LogP contribution < -0.4 is 16.0 Å². The number of rotatable bonds is 10. The van der Waals surface area contributed by atoms with Crippen molar-refractivity contribution in [3.63, 3.8) is 0 Å². The van der Waals surface area contributed by atoms with E-state index >= 15 is 0 Å². The zero-order valence-corrected chi connectivity index (χ0v) is 20.0.